The zero-order valence-electron chi connectivity index (χ0n) is 18.3. The summed E-state index contributed by atoms with van der Waals surface area (Å²) in [5, 5.41) is 15.8. The van der Waals surface area contributed by atoms with Crippen LogP contribution in [0.5, 0.6) is 11.5 Å². The van der Waals surface area contributed by atoms with Crippen molar-refractivity contribution in [3.05, 3.63) is 103 Å². The fraction of sp³-hybridized carbons (Fsp3) is 0.125. The topological polar surface area (TPSA) is 109 Å². The Balaban J connectivity index is 1.69. The van der Waals surface area contributed by atoms with Crippen molar-refractivity contribution in [2.75, 3.05) is 7.11 Å². The Kier molecular flexibility index (Phi) is 6.69. The second-order valence-corrected chi connectivity index (χ2v) is 8.19. The fourth-order valence-electron chi connectivity index (χ4n) is 3.38. The van der Waals surface area contributed by atoms with Gasteiger partial charge in [0.15, 0.2) is 11.5 Å². The lowest BCUT2D eigenvalue weighted by Gasteiger charge is -2.13. The van der Waals surface area contributed by atoms with E-state index in [1.807, 2.05) is 6.07 Å². The van der Waals surface area contributed by atoms with E-state index in [9.17, 15) is 14.9 Å². The Bertz CT molecular complexity index is 1480. The lowest BCUT2D eigenvalue weighted by Crippen LogP contribution is -2.20. The Morgan fingerprint density at radius 1 is 1.18 bits per heavy atom. The predicted octanol–water partition coefficient (Wildman–Crippen LogP) is 4.85. The molecule has 10 heteroatoms. The monoisotopic (exact) mass is 522 g/mol. The highest BCUT2D eigenvalue weighted by atomic mass is 79.9. The van der Waals surface area contributed by atoms with E-state index in [4.69, 9.17) is 9.47 Å². The van der Waals surface area contributed by atoms with Crippen LogP contribution in [0.3, 0.4) is 0 Å². The number of hydrogen-bond donors (Lipinski definition) is 0. The van der Waals surface area contributed by atoms with Crippen LogP contribution in [-0.4, -0.2) is 27.9 Å². The highest BCUT2D eigenvalue weighted by Crippen LogP contribution is 2.31. The number of aromatic nitrogens is 2. The third kappa shape index (κ3) is 4.81. The number of halogens is 1. The second-order valence-electron chi connectivity index (χ2n) is 7.28. The number of rotatable bonds is 7. The lowest BCUT2D eigenvalue weighted by atomic mass is 10.2. The molecule has 34 heavy (non-hydrogen) atoms. The van der Waals surface area contributed by atoms with Gasteiger partial charge in [0.1, 0.15) is 12.4 Å². The number of non-ortho nitro benzene ring substituents is 1. The smallest absolute Gasteiger partial charge is 0.282 e. The summed E-state index contributed by atoms with van der Waals surface area (Å²) < 4.78 is 13.4. The van der Waals surface area contributed by atoms with Gasteiger partial charge in [0, 0.05) is 22.2 Å². The molecule has 0 fully saturated rings. The molecule has 0 unspecified atom stereocenters. The summed E-state index contributed by atoms with van der Waals surface area (Å²) in [6.07, 6.45) is 1.49. The van der Waals surface area contributed by atoms with Crippen LogP contribution < -0.4 is 15.0 Å². The number of para-hydroxylation sites is 1. The average Bonchev–Trinajstić information content (AvgIpc) is 2.83. The molecule has 0 N–H and O–H groups in total. The van der Waals surface area contributed by atoms with E-state index >= 15 is 0 Å². The molecule has 0 aliphatic heterocycles. The SMILES string of the molecule is COc1cccc(C=Nn2c(C)nc3ccc(Br)cc3c2=O)c1OCc1cccc([N+](=O)[O-])c1. The van der Waals surface area contributed by atoms with Crippen LogP contribution in [0.1, 0.15) is 17.0 Å². The highest BCUT2D eigenvalue weighted by molar-refractivity contribution is 9.10. The number of methoxy groups -OCH3 is 1. The van der Waals surface area contributed by atoms with Gasteiger partial charge < -0.3 is 9.47 Å². The van der Waals surface area contributed by atoms with Gasteiger partial charge >= 0.3 is 0 Å². The molecule has 1 heterocycles. The number of hydrogen-bond acceptors (Lipinski definition) is 7. The molecular weight excluding hydrogens is 504 g/mol. The molecule has 0 atom stereocenters. The summed E-state index contributed by atoms with van der Waals surface area (Å²) in [4.78, 5) is 28.1. The Labute approximate surface area is 202 Å². The molecule has 0 aliphatic rings. The van der Waals surface area contributed by atoms with Gasteiger partial charge in [0.25, 0.3) is 11.2 Å². The minimum Gasteiger partial charge on any atom is -0.493 e. The molecule has 0 saturated heterocycles. The van der Waals surface area contributed by atoms with Gasteiger partial charge in [-0.15, -0.1) is 0 Å². The van der Waals surface area contributed by atoms with Crippen LogP contribution in [0.4, 0.5) is 5.69 Å². The van der Waals surface area contributed by atoms with Crippen molar-refractivity contribution >= 4 is 38.7 Å². The van der Waals surface area contributed by atoms with Crippen LogP contribution in [0.15, 0.2) is 75.0 Å². The van der Waals surface area contributed by atoms with Crippen molar-refractivity contribution in [2.24, 2.45) is 5.10 Å². The first-order valence-electron chi connectivity index (χ1n) is 10.1. The van der Waals surface area contributed by atoms with Gasteiger partial charge in [-0.3, -0.25) is 14.9 Å². The summed E-state index contributed by atoms with van der Waals surface area (Å²) in [7, 11) is 1.51. The van der Waals surface area contributed by atoms with E-state index in [0.29, 0.717) is 39.4 Å². The number of nitro benzene ring substituents is 1. The van der Waals surface area contributed by atoms with Gasteiger partial charge in [-0.05, 0) is 42.8 Å². The maximum Gasteiger partial charge on any atom is 0.282 e. The largest absolute Gasteiger partial charge is 0.493 e. The Hall–Kier alpha value is -4.05. The summed E-state index contributed by atoms with van der Waals surface area (Å²) >= 11 is 3.38. The predicted molar refractivity (Wildman–Crippen MR) is 132 cm³/mol. The molecule has 9 nitrogen and oxygen atoms in total. The molecular formula is C24H19BrN4O5. The normalized spacial score (nSPS) is 11.1. The molecule has 0 spiro atoms. The summed E-state index contributed by atoms with van der Waals surface area (Å²) in [5.41, 5.74) is 1.44. The van der Waals surface area contributed by atoms with Crippen molar-refractivity contribution in [1.29, 1.82) is 0 Å². The van der Waals surface area contributed by atoms with Gasteiger partial charge in [-0.25, -0.2) is 4.98 Å². The first-order valence-corrected chi connectivity index (χ1v) is 10.9. The summed E-state index contributed by atoms with van der Waals surface area (Å²) in [6, 6.07) is 16.8. The van der Waals surface area contributed by atoms with Gasteiger partial charge in [-0.1, -0.05) is 34.1 Å². The van der Waals surface area contributed by atoms with E-state index in [1.54, 1.807) is 49.4 Å². The standard InChI is InChI=1S/C24H19BrN4O5/c1-15-27-21-10-9-18(25)12-20(21)24(30)28(15)26-13-17-6-4-8-22(33-2)23(17)34-14-16-5-3-7-19(11-16)29(31)32/h3-13H,14H2,1-2H3. The number of fused-ring (bicyclic) bond motifs is 1. The van der Waals surface area contributed by atoms with Crippen molar-refractivity contribution in [2.45, 2.75) is 13.5 Å². The zero-order valence-corrected chi connectivity index (χ0v) is 19.9. The molecule has 4 rings (SSSR count). The molecule has 0 radical (unpaired) electrons. The van der Waals surface area contributed by atoms with E-state index in [2.05, 4.69) is 26.0 Å². The van der Waals surface area contributed by atoms with Crippen LogP contribution in [0.2, 0.25) is 0 Å². The third-order valence-corrected chi connectivity index (χ3v) is 5.51. The minimum absolute atomic E-state index is 0.0202. The van der Waals surface area contributed by atoms with Gasteiger partial charge in [0.05, 0.1) is 29.2 Å². The van der Waals surface area contributed by atoms with Crippen molar-refractivity contribution < 1.29 is 14.4 Å². The van der Waals surface area contributed by atoms with E-state index < -0.39 is 4.92 Å². The van der Waals surface area contributed by atoms with E-state index in [0.717, 1.165) is 4.47 Å². The first-order chi connectivity index (χ1) is 16.4. The fourth-order valence-corrected chi connectivity index (χ4v) is 3.74. The molecule has 172 valence electrons. The molecule has 0 bridgehead atoms. The van der Waals surface area contributed by atoms with Crippen molar-refractivity contribution in [1.82, 2.24) is 9.66 Å². The number of nitrogens with zero attached hydrogens (tertiary/aromatic N) is 4. The number of ether oxygens (including phenoxy) is 2. The van der Waals surface area contributed by atoms with Crippen LogP contribution in [0.25, 0.3) is 10.9 Å². The molecule has 3 aromatic carbocycles. The maximum atomic E-state index is 13.0. The van der Waals surface area contributed by atoms with Gasteiger partial charge in [-0.2, -0.15) is 9.78 Å². The van der Waals surface area contributed by atoms with Crippen LogP contribution >= 0.6 is 15.9 Å². The van der Waals surface area contributed by atoms with E-state index in [1.165, 1.54) is 30.1 Å². The number of benzene rings is 3. The second kappa shape index (κ2) is 9.84. The minimum atomic E-state index is -0.457. The quantitative estimate of drug-likeness (QED) is 0.195. The lowest BCUT2D eigenvalue weighted by molar-refractivity contribution is -0.384. The molecule has 4 aromatic rings. The molecule has 0 amide bonds. The molecule has 0 saturated carbocycles. The Morgan fingerprint density at radius 3 is 2.74 bits per heavy atom. The van der Waals surface area contributed by atoms with E-state index in [-0.39, 0.29) is 17.9 Å². The number of aryl methyl sites for hydroxylation is 1. The zero-order chi connectivity index (χ0) is 24.2. The first kappa shape index (κ1) is 23.1. The average molecular weight is 523 g/mol. The van der Waals surface area contributed by atoms with Crippen molar-refractivity contribution in [3.63, 3.8) is 0 Å². The van der Waals surface area contributed by atoms with Gasteiger partial charge in [0.2, 0.25) is 0 Å². The third-order valence-electron chi connectivity index (χ3n) is 5.02. The number of nitro groups is 1. The Morgan fingerprint density at radius 2 is 1.97 bits per heavy atom. The summed E-state index contributed by atoms with van der Waals surface area (Å²) in [6.45, 7) is 1.78. The van der Waals surface area contributed by atoms with Crippen LogP contribution in [0, 0.1) is 17.0 Å². The maximum absolute atomic E-state index is 13.0. The molecule has 0 aliphatic carbocycles. The highest BCUT2D eigenvalue weighted by Gasteiger charge is 2.13. The molecule has 1 aromatic heterocycles. The van der Waals surface area contributed by atoms with Crippen molar-refractivity contribution in [3.8, 4) is 11.5 Å². The summed E-state index contributed by atoms with van der Waals surface area (Å²) in [5.74, 6) is 1.28. The van der Waals surface area contributed by atoms with Crippen LogP contribution in [-0.2, 0) is 6.61 Å².